The number of benzene rings is 1. The third-order valence-corrected chi connectivity index (χ3v) is 5.27. The van der Waals surface area contributed by atoms with Crippen molar-refractivity contribution in [3.05, 3.63) is 47.2 Å². The molecule has 1 N–H and O–H groups in total. The molecule has 0 amide bonds. The topological polar surface area (TPSA) is 76.4 Å². The van der Waals surface area contributed by atoms with Crippen molar-refractivity contribution in [3.8, 4) is 0 Å². The molecular formula is C14H13ClN4O2S. The van der Waals surface area contributed by atoms with Crippen LogP contribution in [0.2, 0.25) is 5.15 Å². The van der Waals surface area contributed by atoms with E-state index in [2.05, 4.69) is 15.4 Å². The van der Waals surface area contributed by atoms with Crippen molar-refractivity contribution in [2.75, 3.05) is 12.4 Å². The summed E-state index contributed by atoms with van der Waals surface area (Å²) < 4.78 is 27.2. The molecule has 22 heavy (non-hydrogen) atoms. The van der Waals surface area contributed by atoms with E-state index < -0.39 is 9.84 Å². The van der Waals surface area contributed by atoms with Crippen LogP contribution in [0.4, 0.5) is 5.82 Å². The molecule has 1 aromatic carbocycles. The van der Waals surface area contributed by atoms with E-state index in [1.807, 2.05) is 0 Å². The minimum Gasteiger partial charge on any atom is -0.370 e. The quantitative estimate of drug-likeness (QED) is 0.744. The van der Waals surface area contributed by atoms with Gasteiger partial charge in [0.05, 0.1) is 4.90 Å². The van der Waals surface area contributed by atoms with Crippen molar-refractivity contribution in [3.63, 3.8) is 0 Å². The second-order valence-electron chi connectivity index (χ2n) is 4.70. The first-order chi connectivity index (χ1) is 10.4. The summed E-state index contributed by atoms with van der Waals surface area (Å²) in [4.78, 5) is 4.50. The van der Waals surface area contributed by atoms with Crippen LogP contribution >= 0.6 is 11.6 Å². The summed E-state index contributed by atoms with van der Waals surface area (Å²) in [7, 11) is -2.16. The molecule has 0 aliphatic carbocycles. The van der Waals surface area contributed by atoms with Crippen LogP contribution in [0.25, 0.3) is 5.65 Å². The maximum absolute atomic E-state index is 12.9. The lowest BCUT2D eigenvalue weighted by molar-refractivity contribution is 0.597. The summed E-state index contributed by atoms with van der Waals surface area (Å²) in [5.74, 6) is 0.212. The second-order valence-corrected chi connectivity index (χ2v) is 6.97. The van der Waals surface area contributed by atoms with Gasteiger partial charge in [-0.05, 0) is 25.1 Å². The van der Waals surface area contributed by atoms with E-state index in [1.165, 1.54) is 16.6 Å². The summed E-state index contributed by atoms with van der Waals surface area (Å²) in [6, 6.07) is 9.80. The summed E-state index contributed by atoms with van der Waals surface area (Å²) in [5, 5.41) is 7.29. The van der Waals surface area contributed by atoms with Gasteiger partial charge in [0.15, 0.2) is 16.4 Å². The Bertz CT molecular complexity index is 952. The fraction of sp³-hybridized carbons (Fsp3) is 0.143. The zero-order chi connectivity index (χ0) is 15.9. The van der Waals surface area contributed by atoms with E-state index in [0.29, 0.717) is 10.8 Å². The van der Waals surface area contributed by atoms with Crippen LogP contribution in [0.5, 0.6) is 0 Å². The van der Waals surface area contributed by atoms with Gasteiger partial charge in [0.2, 0.25) is 9.84 Å². The normalized spacial score (nSPS) is 11.8. The van der Waals surface area contributed by atoms with Crippen LogP contribution in [0.15, 0.2) is 46.2 Å². The molecule has 8 heteroatoms. The first kappa shape index (κ1) is 14.8. The molecule has 0 saturated carbocycles. The maximum atomic E-state index is 12.9. The summed E-state index contributed by atoms with van der Waals surface area (Å²) in [6.45, 7) is 1.75. The molecule has 0 unspecified atom stereocenters. The number of fused-ring (bicyclic) bond motifs is 1. The molecule has 0 aliphatic heterocycles. The molecule has 6 nitrogen and oxygen atoms in total. The molecule has 0 saturated heterocycles. The highest BCUT2D eigenvalue weighted by molar-refractivity contribution is 7.91. The first-order valence-corrected chi connectivity index (χ1v) is 8.35. The number of halogens is 1. The molecule has 2 aromatic heterocycles. The lowest BCUT2D eigenvalue weighted by Crippen LogP contribution is -2.05. The van der Waals surface area contributed by atoms with Gasteiger partial charge in [-0.2, -0.15) is 0 Å². The van der Waals surface area contributed by atoms with Gasteiger partial charge in [0.25, 0.3) is 0 Å². The highest BCUT2D eigenvalue weighted by Crippen LogP contribution is 2.31. The number of rotatable bonds is 3. The Morgan fingerprint density at radius 1 is 1.23 bits per heavy atom. The molecule has 0 spiro atoms. The predicted molar refractivity (Wildman–Crippen MR) is 84.2 cm³/mol. The zero-order valence-corrected chi connectivity index (χ0v) is 13.5. The predicted octanol–water partition coefficient (Wildman–Crippen LogP) is 2.57. The lowest BCUT2D eigenvalue weighted by atomic mass is 10.4. The van der Waals surface area contributed by atoms with E-state index in [-0.39, 0.29) is 21.3 Å². The maximum Gasteiger partial charge on any atom is 0.214 e. The van der Waals surface area contributed by atoms with Gasteiger partial charge in [-0.25, -0.2) is 17.9 Å². The van der Waals surface area contributed by atoms with E-state index in [9.17, 15) is 8.42 Å². The van der Waals surface area contributed by atoms with Gasteiger partial charge in [-0.15, -0.1) is 5.10 Å². The Labute approximate surface area is 132 Å². The van der Waals surface area contributed by atoms with Gasteiger partial charge in [0.1, 0.15) is 5.15 Å². The molecule has 3 rings (SSSR count). The van der Waals surface area contributed by atoms with Crippen molar-refractivity contribution < 1.29 is 8.42 Å². The minimum atomic E-state index is -3.77. The standard InChI is InChI=1S/C14H13ClN4O2S/c1-9-8-11(15)19-14(17-9)12(13(16-2)18-19)22(20,21)10-6-4-3-5-7-10/h3-8H,1-2H3,(H,16,18). The fourth-order valence-electron chi connectivity index (χ4n) is 2.20. The van der Waals surface area contributed by atoms with Crippen LogP contribution in [-0.4, -0.2) is 30.1 Å². The fourth-order valence-corrected chi connectivity index (χ4v) is 4.00. The molecule has 2 heterocycles. The van der Waals surface area contributed by atoms with Crippen molar-refractivity contribution in [1.29, 1.82) is 0 Å². The summed E-state index contributed by atoms with van der Waals surface area (Å²) in [5.41, 5.74) is 0.822. The summed E-state index contributed by atoms with van der Waals surface area (Å²) >= 11 is 6.14. The number of sulfone groups is 1. The van der Waals surface area contributed by atoms with Gasteiger partial charge in [-0.1, -0.05) is 29.8 Å². The SMILES string of the molecule is CNc1nn2c(Cl)cc(C)nc2c1S(=O)(=O)c1ccccc1. The van der Waals surface area contributed by atoms with Crippen molar-refractivity contribution in [1.82, 2.24) is 14.6 Å². The number of hydrogen-bond donors (Lipinski definition) is 1. The van der Waals surface area contributed by atoms with E-state index in [1.54, 1.807) is 38.2 Å². The van der Waals surface area contributed by atoms with Crippen molar-refractivity contribution in [2.45, 2.75) is 16.7 Å². The van der Waals surface area contributed by atoms with E-state index in [0.717, 1.165) is 0 Å². The van der Waals surface area contributed by atoms with Crippen molar-refractivity contribution in [2.24, 2.45) is 0 Å². The molecule has 0 bridgehead atoms. The van der Waals surface area contributed by atoms with Crippen LogP contribution in [0.1, 0.15) is 5.69 Å². The third kappa shape index (κ3) is 2.22. The number of hydrogen-bond acceptors (Lipinski definition) is 5. The average molecular weight is 337 g/mol. The Morgan fingerprint density at radius 2 is 1.91 bits per heavy atom. The third-order valence-electron chi connectivity index (χ3n) is 3.19. The number of aryl methyl sites for hydroxylation is 1. The van der Waals surface area contributed by atoms with Gasteiger partial charge in [-0.3, -0.25) is 0 Å². The Hall–Kier alpha value is -2.12. The highest BCUT2D eigenvalue weighted by atomic mass is 35.5. The Kier molecular flexibility index (Phi) is 3.54. The zero-order valence-electron chi connectivity index (χ0n) is 11.9. The smallest absolute Gasteiger partial charge is 0.214 e. The molecule has 0 fully saturated rings. The van der Waals surface area contributed by atoms with Gasteiger partial charge in [0, 0.05) is 12.7 Å². The Balaban J connectivity index is 2.40. The van der Waals surface area contributed by atoms with Crippen LogP contribution < -0.4 is 5.32 Å². The number of aromatic nitrogens is 3. The van der Waals surface area contributed by atoms with Crippen LogP contribution in [0.3, 0.4) is 0 Å². The van der Waals surface area contributed by atoms with Gasteiger partial charge >= 0.3 is 0 Å². The molecule has 3 aromatic rings. The first-order valence-electron chi connectivity index (χ1n) is 6.49. The van der Waals surface area contributed by atoms with Crippen LogP contribution in [-0.2, 0) is 9.84 Å². The summed E-state index contributed by atoms with van der Waals surface area (Å²) in [6.07, 6.45) is 0. The number of nitrogens with zero attached hydrogens (tertiary/aromatic N) is 3. The number of anilines is 1. The van der Waals surface area contributed by atoms with Crippen LogP contribution in [0, 0.1) is 6.92 Å². The number of nitrogens with one attached hydrogen (secondary N) is 1. The second kappa shape index (κ2) is 5.26. The Morgan fingerprint density at radius 3 is 2.55 bits per heavy atom. The highest BCUT2D eigenvalue weighted by Gasteiger charge is 2.29. The average Bonchev–Trinajstić information content (AvgIpc) is 2.87. The monoisotopic (exact) mass is 336 g/mol. The molecule has 0 radical (unpaired) electrons. The molecule has 0 aliphatic rings. The molecular weight excluding hydrogens is 324 g/mol. The molecule has 114 valence electrons. The minimum absolute atomic E-state index is 0.0202. The molecule has 0 atom stereocenters. The lowest BCUT2D eigenvalue weighted by Gasteiger charge is -2.05. The van der Waals surface area contributed by atoms with Gasteiger partial charge < -0.3 is 5.32 Å². The van der Waals surface area contributed by atoms with E-state index >= 15 is 0 Å². The largest absolute Gasteiger partial charge is 0.370 e. The van der Waals surface area contributed by atoms with Crippen molar-refractivity contribution >= 4 is 32.9 Å². The van der Waals surface area contributed by atoms with E-state index in [4.69, 9.17) is 11.6 Å².